The van der Waals surface area contributed by atoms with Gasteiger partial charge in [0.25, 0.3) is 5.91 Å². The van der Waals surface area contributed by atoms with Crippen molar-refractivity contribution in [3.63, 3.8) is 0 Å². The molecular formula is C25H22ClN3O3S. The molecule has 0 bridgehead atoms. The number of benzene rings is 3. The zero-order valence-electron chi connectivity index (χ0n) is 18.0. The third kappa shape index (κ3) is 3.71. The molecule has 1 saturated heterocycles. The molecule has 6 nitrogen and oxygen atoms in total. The monoisotopic (exact) mass is 479 g/mol. The van der Waals surface area contributed by atoms with Gasteiger partial charge in [-0.1, -0.05) is 41.9 Å². The number of methoxy groups -OCH3 is 1. The second-order valence-corrected chi connectivity index (χ2v) is 9.57. The Kier molecular flexibility index (Phi) is 5.68. The van der Waals surface area contributed by atoms with Crippen LogP contribution in [0, 0.1) is 0 Å². The van der Waals surface area contributed by atoms with Crippen LogP contribution in [0.3, 0.4) is 0 Å². The largest absolute Gasteiger partial charge is 0.497 e. The maximum atomic E-state index is 14.0. The van der Waals surface area contributed by atoms with Crippen LogP contribution in [0.1, 0.15) is 11.1 Å². The highest BCUT2D eigenvalue weighted by molar-refractivity contribution is 8.01. The first kappa shape index (κ1) is 21.7. The molecule has 2 aliphatic heterocycles. The van der Waals surface area contributed by atoms with Gasteiger partial charge in [-0.25, -0.2) is 4.79 Å². The Morgan fingerprint density at radius 2 is 1.88 bits per heavy atom. The number of urea groups is 1. The molecule has 1 spiro atoms. The van der Waals surface area contributed by atoms with Gasteiger partial charge in [-0.15, -0.1) is 11.8 Å². The van der Waals surface area contributed by atoms with Crippen molar-refractivity contribution >= 4 is 46.7 Å². The van der Waals surface area contributed by atoms with Crippen molar-refractivity contribution in [1.29, 1.82) is 0 Å². The Bertz CT molecular complexity index is 1210. The lowest BCUT2D eigenvalue weighted by Crippen LogP contribution is -2.51. The number of hydrogen-bond donors (Lipinski definition) is 1. The van der Waals surface area contributed by atoms with Crippen LogP contribution >= 0.6 is 23.4 Å². The van der Waals surface area contributed by atoms with E-state index in [1.807, 2.05) is 42.5 Å². The number of thioether (sulfide) groups is 1. The maximum Gasteiger partial charge on any atom is 0.323 e. The minimum absolute atomic E-state index is 0.129. The quantitative estimate of drug-likeness (QED) is 0.549. The fourth-order valence-corrected chi connectivity index (χ4v) is 6.00. The van der Waals surface area contributed by atoms with E-state index in [9.17, 15) is 9.59 Å². The zero-order valence-corrected chi connectivity index (χ0v) is 19.5. The molecule has 0 aromatic heterocycles. The Labute approximate surface area is 201 Å². The van der Waals surface area contributed by atoms with E-state index in [1.165, 1.54) is 11.8 Å². The lowest BCUT2D eigenvalue weighted by Gasteiger charge is -2.33. The lowest BCUT2D eigenvalue weighted by molar-refractivity contribution is -0.123. The number of carbonyl (C=O) groups is 2. The van der Waals surface area contributed by atoms with Gasteiger partial charge in [0.15, 0.2) is 4.87 Å². The molecule has 0 radical (unpaired) electrons. The van der Waals surface area contributed by atoms with E-state index >= 15 is 0 Å². The summed E-state index contributed by atoms with van der Waals surface area (Å²) in [4.78, 5) is 29.6. The average molecular weight is 480 g/mol. The van der Waals surface area contributed by atoms with Gasteiger partial charge in [0.05, 0.1) is 19.3 Å². The van der Waals surface area contributed by atoms with Crippen LogP contribution in [-0.4, -0.2) is 36.2 Å². The van der Waals surface area contributed by atoms with E-state index in [0.717, 1.165) is 16.8 Å². The summed E-state index contributed by atoms with van der Waals surface area (Å²) in [6.07, 6.45) is 0. The van der Waals surface area contributed by atoms with Crippen LogP contribution in [0.25, 0.3) is 0 Å². The molecule has 1 fully saturated rings. The first-order valence-corrected chi connectivity index (χ1v) is 11.9. The van der Waals surface area contributed by atoms with Crippen LogP contribution < -0.4 is 15.0 Å². The summed E-state index contributed by atoms with van der Waals surface area (Å²) in [7, 11) is 1.59. The molecule has 0 aliphatic carbocycles. The van der Waals surface area contributed by atoms with Crippen molar-refractivity contribution in [3.05, 3.63) is 88.9 Å². The summed E-state index contributed by atoms with van der Waals surface area (Å²) in [5, 5.41) is 3.46. The maximum absolute atomic E-state index is 14.0. The normalized spacial score (nSPS) is 19.2. The van der Waals surface area contributed by atoms with Gasteiger partial charge in [-0.3, -0.25) is 9.69 Å². The van der Waals surface area contributed by atoms with E-state index < -0.39 is 4.87 Å². The van der Waals surface area contributed by atoms with Crippen molar-refractivity contribution in [1.82, 2.24) is 4.90 Å². The summed E-state index contributed by atoms with van der Waals surface area (Å²) in [5.41, 5.74) is 3.18. The van der Waals surface area contributed by atoms with Gasteiger partial charge in [0.2, 0.25) is 0 Å². The Balaban J connectivity index is 1.50. The van der Waals surface area contributed by atoms with Crippen LogP contribution in [0.5, 0.6) is 5.75 Å². The van der Waals surface area contributed by atoms with Crippen LogP contribution in [0.15, 0.2) is 72.8 Å². The summed E-state index contributed by atoms with van der Waals surface area (Å²) in [6.45, 7) is 0.869. The van der Waals surface area contributed by atoms with Gasteiger partial charge in [0, 0.05) is 28.6 Å². The van der Waals surface area contributed by atoms with Crippen LogP contribution in [0.4, 0.5) is 16.2 Å². The Morgan fingerprint density at radius 3 is 2.61 bits per heavy atom. The molecule has 0 saturated carbocycles. The van der Waals surface area contributed by atoms with Crippen molar-refractivity contribution in [2.75, 3.05) is 29.6 Å². The fourth-order valence-electron chi connectivity index (χ4n) is 4.38. The number of nitrogens with zero attached hydrogens (tertiary/aromatic N) is 2. The van der Waals surface area contributed by atoms with E-state index in [2.05, 4.69) is 5.32 Å². The molecule has 5 rings (SSSR count). The predicted molar refractivity (Wildman–Crippen MR) is 132 cm³/mol. The standard InChI is InChI=1S/C25H22ClN3O3S/c1-32-20-10-8-19(9-11-20)27-24(31)29-13-14-33-25(29)21-15-18(26)7-12-22(21)28(23(25)30)16-17-5-3-2-4-6-17/h2-12,15H,13-14,16H2,1H3,(H,27,31)/t25-/m0/s1. The topological polar surface area (TPSA) is 61.9 Å². The molecule has 3 aromatic carbocycles. The highest BCUT2D eigenvalue weighted by atomic mass is 35.5. The second kappa shape index (κ2) is 8.65. The van der Waals surface area contributed by atoms with E-state index in [0.29, 0.717) is 35.3 Å². The smallest absolute Gasteiger partial charge is 0.323 e. The van der Waals surface area contributed by atoms with Crippen molar-refractivity contribution < 1.29 is 14.3 Å². The molecule has 168 valence electrons. The first-order chi connectivity index (χ1) is 16.0. The van der Waals surface area contributed by atoms with Gasteiger partial charge in [0.1, 0.15) is 5.75 Å². The van der Waals surface area contributed by atoms with E-state index in [1.54, 1.807) is 47.2 Å². The summed E-state index contributed by atoms with van der Waals surface area (Å²) in [5.74, 6) is 1.22. The molecule has 3 amide bonds. The summed E-state index contributed by atoms with van der Waals surface area (Å²) >= 11 is 7.83. The summed E-state index contributed by atoms with van der Waals surface area (Å²) in [6, 6.07) is 22.1. The lowest BCUT2D eigenvalue weighted by atomic mass is 10.1. The summed E-state index contributed by atoms with van der Waals surface area (Å²) < 4.78 is 5.19. The van der Waals surface area contributed by atoms with E-state index in [-0.39, 0.29) is 11.9 Å². The number of rotatable bonds is 4. The molecule has 0 unspecified atom stereocenters. The number of ether oxygens (including phenoxy) is 1. The number of carbonyl (C=O) groups excluding carboxylic acids is 2. The fraction of sp³-hybridized carbons (Fsp3) is 0.200. The number of anilines is 2. The predicted octanol–water partition coefficient (Wildman–Crippen LogP) is 5.33. The number of amides is 3. The number of fused-ring (bicyclic) bond motifs is 2. The molecule has 8 heteroatoms. The zero-order chi connectivity index (χ0) is 23.0. The molecule has 2 heterocycles. The number of nitrogens with one attached hydrogen (secondary N) is 1. The highest BCUT2D eigenvalue weighted by Gasteiger charge is 2.59. The van der Waals surface area contributed by atoms with Gasteiger partial charge < -0.3 is 15.0 Å². The SMILES string of the molecule is COc1ccc(NC(=O)N2CCS[C@@]23C(=O)N(Cc2ccccc2)c2ccc(Cl)cc23)cc1. The van der Waals surface area contributed by atoms with Crippen LogP contribution in [0.2, 0.25) is 5.02 Å². The first-order valence-electron chi connectivity index (χ1n) is 10.6. The average Bonchev–Trinajstić information content (AvgIpc) is 3.37. The van der Waals surface area contributed by atoms with E-state index in [4.69, 9.17) is 16.3 Å². The second-order valence-electron chi connectivity index (χ2n) is 7.84. The van der Waals surface area contributed by atoms with Crippen LogP contribution in [-0.2, 0) is 16.2 Å². The van der Waals surface area contributed by atoms with Crippen molar-refractivity contribution in [3.8, 4) is 5.75 Å². The Morgan fingerprint density at radius 1 is 1.12 bits per heavy atom. The van der Waals surface area contributed by atoms with Crippen molar-refractivity contribution in [2.45, 2.75) is 11.4 Å². The highest BCUT2D eigenvalue weighted by Crippen LogP contribution is 2.55. The third-order valence-corrected chi connectivity index (χ3v) is 7.58. The molecule has 3 aromatic rings. The minimum atomic E-state index is -1.15. The third-order valence-electron chi connectivity index (χ3n) is 5.93. The molecule has 2 aliphatic rings. The number of hydrogen-bond acceptors (Lipinski definition) is 4. The van der Waals surface area contributed by atoms with Crippen molar-refractivity contribution in [2.24, 2.45) is 0 Å². The Hall–Kier alpha value is -3.16. The molecular weight excluding hydrogens is 458 g/mol. The van der Waals surface area contributed by atoms with Gasteiger partial charge >= 0.3 is 6.03 Å². The van der Waals surface area contributed by atoms with Gasteiger partial charge in [-0.05, 0) is 48.0 Å². The molecule has 1 atom stereocenters. The number of halogens is 1. The molecule has 1 N–H and O–H groups in total. The molecule has 33 heavy (non-hydrogen) atoms. The minimum Gasteiger partial charge on any atom is -0.497 e. The van der Waals surface area contributed by atoms with Gasteiger partial charge in [-0.2, -0.15) is 0 Å².